The van der Waals surface area contributed by atoms with Gasteiger partial charge in [-0.05, 0) is 68.0 Å². The molecule has 164 valence electrons. The number of aromatic nitrogens is 2. The first kappa shape index (κ1) is 21.1. The predicted octanol–water partition coefficient (Wildman–Crippen LogP) is 4.92. The molecule has 0 saturated carbocycles. The van der Waals surface area contributed by atoms with Crippen LogP contribution >= 0.6 is 11.3 Å². The third kappa shape index (κ3) is 3.80. The highest BCUT2D eigenvalue weighted by molar-refractivity contribution is 7.91. The summed E-state index contributed by atoms with van der Waals surface area (Å²) in [6, 6.07) is 13.6. The van der Waals surface area contributed by atoms with Gasteiger partial charge in [0.2, 0.25) is 9.84 Å². The number of aryl methyl sites for hydroxylation is 3. The molecule has 0 N–H and O–H groups in total. The number of nitrogens with zero attached hydrogens (tertiary/aromatic N) is 2. The molecule has 0 bridgehead atoms. The van der Waals surface area contributed by atoms with Crippen LogP contribution in [-0.2, 0) is 29.2 Å². The van der Waals surface area contributed by atoms with Gasteiger partial charge in [0.15, 0.2) is 0 Å². The molecule has 0 radical (unpaired) electrons. The van der Waals surface area contributed by atoms with Gasteiger partial charge < -0.3 is 0 Å². The van der Waals surface area contributed by atoms with Gasteiger partial charge in [-0.15, -0.1) is 11.3 Å². The van der Waals surface area contributed by atoms with E-state index < -0.39 is 9.84 Å². The monoisotopic (exact) mass is 464 g/mol. The molecule has 5 nitrogen and oxygen atoms in total. The van der Waals surface area contributed by atoms with Crippen molar-refractivity contribution in [3.05, 3.63) is 86.8 Å². The number of fused-ring (bicyclic) bond motifs is 3. The van der Waals surface area contributed by atoms with Crippen molar-refractivity contribution >= 4 is 31.4 Å². The Morgan fingerprint density at radius 3 is 2.31 bits per heavy atom. The van der Waals surface area contributed by atoms with Gasteiger partial charge in [-0.2, -0.15) is 0 Å². The molecule has 1 aliphatic carbocycles. The second-order valence-electron chi connectivity index (χ2n) is 8.38. The van der Waals surface area contributed by atoms with Crippen molar-refractivity contribution in [1.29, 1.82) is 0 Å². The molecule has 0 saturated heterocycles. The fourth-order valence-electron chi connectivity index (χ4n) is 4.29. The Morgan fingerprint density at radius 2 is 1.59 bits per heavy atom. The zero-order valence-corrected chi connectivity index (χ0v) is 19.5. The minimum absolute atomic E-state index is 0.00856. The maximum absolute atomic E-state index is 13.3. The summed E-state index contributed by atoms with van der Waals surface area (Å²) in [4.78, 5) is 20.5. The molecule has 7 heteroatoms. The molecule has 0 aliphatic heterocycles. The molecule has 4 aromatic rings. The highest BCUT2D eigenvalue weighted by atomic mass is 32.2. The van der Waals surface area contributed by atoms with Crippen LogP contribution in [0.2, 0.25) is 0 Å². The van der Waals surface area contributed by atoms with Crippen molar-refractivity contribution in [1.82, 2.24) is 9.55 Å². The molecule has 0 unspecified atom stereocenters. The third-order valence-electron chi connectivity index (χ3n) is 6.11. The van der Waals surface area contributed by atoms with Crippen molar-refractivity contribution in [2.24, 2.45) is 0 Å². The summed E-state index contributed by atoms with van der Waals surface area (Å²) in [7, 11) is -3.57. The van der Waals surface area contributed by atoms with Gasteiger partial charge in [0.05, 0.1) is 28.0 Å². The normalized spacial score (nSPS) is 14.3. The van der Waals surface area contributed by atoms with E-state index in [9.17, 15) is 13.2 Å². The molecule has 2 heterocycles. The maximum Gasteiger partial charge on any atom is 0.262 e. The number of sulfone groups is 1. The summed E-state index contributed by atoms with van der Waals surface area (Å²) in [6.07, 6.45) is 7.08. The Labute approximate surface area is 191 Å². The van der Waals surface area contributed by atoms with E-state index >= 15 is 0 Å². The molecule has 0 atom stereocenters. The van der Waals surface area contributed by atoms with Gasteiger partial charge >= 0.3 is 0 Å². The van der Waals surface area contributed by atoms with Crippen LogP contribution in [0.5, 0.6) is 0 Å². The topological polar surface area (TPSA) is 69.0 Å². The standard InChI is InChI=1S/C25H24N2O3S2/c1-17-7-11-19(12-8-17)32(29,30)20-13-9-18(10-14-20)15-27-16-26-24-23(25(27)28)21-5-3-2-4-6-22(21)31-24/h7-14,16H,2-6,15H2,1H3. The summed E-state index contributed by atoms with van der Waals surface area (Å²) in [6.45, 7) is 2.28. The van der Waals surface area contributed by atoms with Crippen molar-refractivity contribution in [2.45, 2.75) is 55.4 Å². The number of hydrogen-bond acceptors (Lipinski definition) is 5. The summed E-state index contributed by atoms with van der Waals surface area (Å²) in [5, 5.41) is 0.771. The molecule has 0 amide bonds. The number of thiophene rings is 1. The Morgan fingerprint density at radius 1 is 0.938 bits per heavy atom. The van der Waals surface area contributed by atoms with Crippen LogP contribution in [0.1, 0.15) is 40.8 Å². The van der Waals surface area contributed by atoms with E-state index in [1.165, 1.54) is 23.3 Å². The Kier molecular flexibility index (Phi) is 5.47. The van der Waals surface area contributed by atoms with Crippen LogP contribution < -0.4 is 5.56 Å². The van der Waals surface area contributed by atoms with E-state index in [4.69, 9.17) is 0 Å². The lowest BCUT2D eigenvalue weighted by atomic mass is 10.1. The third-order valence-corrected chi connectivity index (χ3v) is 9.10. The Bertz CT molecular complexity index is 1450. The molecule has 0 fully saturated rings. The lowest BCUT2D eigenvalue weighted by molar-refractivity contribution is 0.596. The quantitative estimate of drug-likeness (QED) is 0.402. The summed E-state index contributed by atoms with van der Waals surface area (Å²) in [5.74, 6) is 0. The Hall–Kier alpha value is -2.77. The molecule has 5 rings (SSSR count). The minimum Gasteiger partial charge on any atom is -0.294 e. The van der Waals surface area contributed by atoms with E-state index in [1.54, 1.807) is 70.8 Å². The van der Waals surface area contributed by atoms with Gasteiger partial charge in [0.25, 0.3) is 5.56 Å². The number of hydrogen-bond donors (Lipinski definition) is 0. The van der Waals surface area contributed by atoms with Crippen molar-refractivity contribution in [3.63, 3.8) is 0 Å². The fourth-order valence-corrected chi connectivity index (χ4v) is 6.78. The maximum atomic E-state index is 13.3. The fraction of sp³-hybridized carbons (Fsp3) is 0.280. The number of benzene rings is 2. The summed E-state index contributed by atoms with van der Waals surface area (Å²) < 4.78 is 27.4. The first-order chi connectivity index (χ1) is 15.4. The first-order valence-electron chi connectivity index (χ1n) is 10.8. The van der Waals surface area contributed by atoms with E-state index in [0.29, 0.717) is 6.54 Å². The van der Waals surface area contributed by atoms with E-state index in [-0.39, 0.29) is 15.4 Å². The van der Waals surface area contributed by atoms with E-state index in [1.807, 2.05) is 6.92 Å². The molecular formula is C25H24N2O3S2. The van der Waals surface area contributed by atoms with Gasteiger partial charge in [-0.1, -0.05) is 36.2 Å². The average Bonchev–Trinajstić information content (AvgIpc) is 2.98. The molecule has 32 heavy (non-hydrogen) atoms. The zero-order chi connectivity index (χ0) is 22.3. The highest BCUT2D eigenvalue weighted by Gasteiger charge is 2.20. The van der Waals surface area contributed by atoms with Crippen molar-refractivity contribution < 1.29 is 8.42 Å². The average molecular weight is 465 g/mol. The van der Waals surface area contributed by atoms with Crippen LogP contribution in [0, 0.1) is 6.92 Å². The number of rotatable bonds is 4. The molecule has 1 aliphatic rings. The second-order valence-corrected chi connectivity index (χ2v) is 11.4. The van der Waals surface area contributed by atoms with Gasteiger partial charge in [-0.3, -0.25) is 9.36 Å². The summed E-state index contributed by atoms with van der Waals surface area (Å²) >= 11 is 1.65. The van der Waals surface area contributed by atoms with Gasteiger partial charge in [0.1, 0.15) is 4.83 Å². The first-order valence-corrected chi connectivity index (χ1v) is 13.1. The largest absolute Gasteiger partial charge is 0.294 e. The van der Waals surface area contributed by atoms with Gasteiger partial charge in [0, 0.05) is 4.88 Å². The van der Waals surface area contributed by atoms with Crippen molar-refractivity contribution in [2.75, 3.05) is 0 Å². The van der Waals surface area contributed by atoms with E-state index in [0.717, 1.165) is 40.6 Å². The SMILES string of the molecule is Cc1ccc(S(=O)(=O)c2ccc(Cn3cnc4sc5c(c4c3=O)CCCCC5)cc2)cc1. The van der Waals surface area contributed by atoms with E-state index in [2.05, 4.69) is 4.98 Å². The minimum atomic E-state index is -3.57. The molecule has 2 aromatic carbocycles. The van der Waals surface area contributed by atoms with Crippen molar-refractivity contribution in [3.8, 4) is 0 Å². The molecule has 2 aromatic heterocycles. The van der Waals surface area contributed by atoms with Crippen LogP contribution in [0.15, 0.2) is 69.4 Å². The highest BCUT2D eigenvalue weighted by Crippen LogP contribution is 2.32. The molecular weight excluding hydrogens is 440 g/mol. The predicted molar refractivity (Wildman–Crippen MR) is 127 cm³/mol. The lowest BCUT2D eigenvalue weighted by Gasteiger charge is -2.09. The summed E-state index contributed by atoms with van der Waals surface area (Å²) in [5.41, 5.74) is 3.05. The zero-order valence-electron chi connectivity index (χ0n) is 17.9. The second kappa shape index (κ2) is 8.30. The van der Waals surface area contributed by atoms with Crippen LogP contribution in [0.3, 0.4) is 0 Å². The van der Waals surface area contributed by atoms with Crippen LogP contribution in [-0.4, -0.2) is 18.0 Å². The van der Waals surface area contributed by atoms with Crippen LogP contribution in [0.25, 0.3) is 10.2 Å². The van der Waals surface area contributed by atoms with Gasteiger partial charge in [-0.25, -0.2) is 13.4 Å². The molecule has 0 spiro atoms. The Balaban J connectivity index is 1.45. The smallest absolute Gasteiger partial charge is 0.262 e. The van der Waals surface area contributed by atoms with Crippen LogP contribution in [0.4, 0.5) is 0 Å². The lowest BCUT2D eigenvalue weighted by Crippen LogP contribution is -2.21.